The number of hydrogen-bond acceptors (Lipinski definition) is 4. The fourth-order valence-corrected chi connectivity index (χ4v) is 2.67. The zero-order valence-electron chi connectivity index (χ0n) is 12.7. The van der Waals surface area contributed by atoms with E-state index < -0.39 is 0 Å². The van der Waals surface area contributed by atoms with Gasteiger partial charge in [0.15, 0.2) is 0 Å². The summed E-state index contributed by atoms with van der Waals surface area (Å²) >= 11 is 0. The minimum Gasteiger partial charge on any atom is -0.463 e. The van der Waals surface area contributed by atoms with Crippen LogP contribution in [0.3, 0.4) is 0 Å². The second-order valence-corrected chi connectivity index (χ2v) is 6.46. The number of furan rings is 1. The monoisotopic (exact) mass is 265 g/mol. The molecular formula is C15H27N3O. The average molecular weight is 265 g/mol. The van der Waals surface area contributed by atoms with Gasteiger partial charge in [-0.2, -0.15) is 0 Å². The van der Waals surface area contributed by atoms with E-state index in [-0.39, 0.29) is 5.54 Å². The van der Waals surface area contributed by atoms with Gasteiger partial charge in [0.05, 0.1) is 13.1 Å². The summed E-state index contributed by atoms with van der Waals surface area (Å²) in [5.74, 6) is 1.96. The van der Waals surface area contributed by atoms with Crippen LogP contribution in [0.5, 0.6) is 0 Å². The predicted octanol–water partition coefficient (Wildman–Crippen LogP) is 1.96. The molecule has 0 bridgehead atoms. The molecule has 1 saturated heterocycles. The van der Waals surface area contributed by atoms with Crippen molar-refractivity contribution in [2.45, 2.75) is 46.3 Å². The molecule has 1 aromatic rings. The van der Waals surface area contributed by atoms with Gasteiger partial charge in [-0.05, 0) is 39.3 Å². The smallest absolute Gasteiger partial charge is 0.120 e. The van der Waals surface area contributed by atoms with Gasteiger partial charge < -0.3 is 10.2 Å². The molecule has 0 aliphatic carbocycles. The van der Waals surface area contributed by atoms with E-state index >= 15 is 0 Å². The second-order valence-electron chi connectivity index (χ2n) is 6.46. The molecule has 19 heavy (non-hydrogen) atoms. The minimum absolute atomic E-state index is 0.278. The highest BCUT2D eigenvalue weighted by Crippen LogP contribution is 2.19. The number of nitrogens with two attached hydrogens (primary N) is 1. The number of aryl methyl sites for hydroxylation is 1. The Kier molecular flexibility index (Phi) is 4.33. The zero-order chi connectivity index (χ0) is 14.0. The molecule has 0 atom stereocenters. The highest BCUT2D eigenvalue weighted by Gasteiger charge is 2.26. The predicted molar refractivity (Wildman–Crippen MR) is 77.9 cm³/mol. The Morgan fingerprint density at radius 2 is 1.84 bits per heavy atom. The van der Waals surface area contributed by atoms with Gasteiger partial charge in [0.1, 0.15) is 11.5 Å². The van der Waals surface area contributed by atoms with Crippen LogP contribution in [0.15, 0.2) is 10.5 Å². The van der Waals surface area contributed by atoms with Crippen molar-refractivity contribution in [3.05, 3.63) is 23.2 Å². The molecule has 1 aromatic heterocycles. The summed E-state index contributed by atoms with van der Waals surface area (Å²) in [7, 11) is 0. The number of hydrogen-bond donors (Lipinski definition) is 1. The molecule has 4 nitrogen and oxygen atoms in total. The first-order valence-corrected chi connectivity index (χ1v) is 7.16. The third-order valence-corrected chi connectivity index (χ3v) is 3.96. The molecular weight excluding hydrogens is 238 g/mol. The van der Waals surface area contributed by atoms with E-state index in [9.17, 15) is 0 Å². The molecule has 0 radical (unpaired) electrons. The summed E-state index contributed by atoms with van der Waals surface area (Å²) < 4.78 is 5.78. The zero-order valence-corrected chi connectivity index (χ0v) is 12.7. The van der Waals surface area contributed by atoms with Gasteiger partial charge in [-0.15, -0.1) is 0 Å². The molecule has 0 spiro atoms. The van der Waals surface area contributed by atoms with Crippen molar-refractivity contribution in [2.75, 3.05) is 26.2 Å². The van der Waals surface area contributed by atoms with Gasteiger partial charge in [-0.1, -0.05) is 0 Å². The summed E-state index contributed by atoms with van der Waals surface area (Å²) in [6.07, 6.45) is 0. The van der Waals surface area contributed by atoms with Crippen molar-refractivity contribution in [3.63, 3.8) is 0 Å². The van der Waals surface area contributed by atoms with Gasteiger partial charge in [0.25, 0.3) is 0 Å². The molecule has 4 heteroatoms. The minimum atomic E-state index is 0.278. The summed E-state index contributed by atoms with van der Waals surface area (Å²) in [4.78, 5) is 5.00. The van der Waals surface area contributed by atoms with Gasteiger partial charge in [-0.3, -0.25) is 9.80 Å². The lowest BCUT2D eigenvalue weighted by Crippen LogP contribution is -2.53. The van der Waals surface area contributed by atoms with Gasteiger partial charge in [-0.25, -0.2) is 0 Å². The maximum absolute atomic E-state index is 5.78. The SMILES string of the molecule is Cc1cc(CN2CCN(C(C)(C)C)CC2)oc1CN. The van der Waals surface area contributed by atoms with Gasteiger partial charge in [0, 0.05) is 31.7 Å². The molecule has 108 valence electrons. The number of nitrogens with zero attached hydrogens (tertiary/aromatic N) is 2. The van der Waals surface area contributed by atoms with Crippen molar-refractivity contribution in [1.82, 2.24) is 9.80 Å². The summed E-state index contributed by atoms with van der Waals surface area (Å²) in [6, 6.07) is 2.12. The van der Waals surface area contributed by atoms with E-state index in [4.69, 9.17) is 10.2 Å². The molecule has 0 aromatic carbocycles. The molecule has 2 rings (SSSR count). The molecule has 0 unspecified atom stereocenters. The Morgan fingerprint density at radius 1 is 1.21 bits per heavy atom. The van der Waals surface area contributed by atoms with Crippen LogP contribution >= 0.6 is 0 Å². The molecule has 1 aliphatic rings. The van der Waals surface area contributed by atoms with Crippen LogP contribution in [-0.4, -0.2) is 41.5 Å². The molecule has 0 amide bonds. The fourth-order valence-electron chi connectivity index (χ4n) is 2.67. The first-order chi connectivity index (χ1) is 8.90. The van der Waals surface area contributed by atoms with Crippen LogP contribution in [0, 0.1) is 6.92 Å². The maximum atomic E-state index is 5.78. The highest BCUT2D eigenvalue weighted by atomic mass is 16.3. The maximum Gasteiger partial charge on any atom is 0.120 e. The molecule has 2 heterocycles. The molecule has 2 N–H and O–H groups in total. The number of rotatable bonds is 3. The lowest BCUT2D eigenvalue weighted by atomic mass is 10.0. The normalized spacial score (nSPS) is 19.0. The average Bonchev–Trinajstić information content (AvgIpc) is 2.69. The van der Waals surface area contributed by atoms with E-state index in [1.165, 1.54) is 5.56 Å². The summed E-state index contributed by atoms with van der Waals surface area (Å²) in [5.41, 5.74) is 7.10. The number of piperazine rings is 1. The lowest BCUT2D eigenvalue weighted by Gasteiger charge is -2.42. The standard InChI is InChI=1S/C15H27N3O/c1-12-9-13(19-14(12)10-16)11-17-5-7-18(8-6-17)15(2,3)4/h9H,5-8,10-11,16H2,1-4H3. The third kappa shape index (κ3) is 3.59. The molecule has 1 fully saturated rings. The summed E-state index contributed by atoms with van der Waals surface area (Å²) in [5, 5.41) is 0. The van der Waals surface area contributed by atoms with E-state index in [1.807, 2.05) is 0 Å². The van der Waals surface area contributed by atoms with Crippen molar-refractivity contribution in [3.8, 4) is 0 Å². The van der Waals surface area contributed by atoms with Crippen LogP contribution < -0.4 is 5.73 Å². The molecule has 0 saturated carbocycles. The topological polar surface area (TPSA) is 45.6 Å². The Labute approximate surface area is 116 Å². The molecule has 1 aliphatic heterocycles. The first-order valence-electron chi connectivity index (χ1n) is 7.16. The lowest BCUT2D eigenvalue weighted by molar-refractivity contribution is 0.0561. The summed E-state index contributed by atoms with van der Waals surface area (Å²) in [6.45, 7) is 14.8. The van der Waals surface area contributed by atoms with Gasteiger partial charge in [0.2, 0.25) is 0 Å². The van der Waals surface area contributed by atoms with Crippen LogP contribution in [0.4, 0.5) is 0 Å². The van der Waals surface area contributed by atoms with Crippen LogP contribution in [-0.2, 0) is 13.1 Å². The Morgan fingerprint density at radius 3 is 2.32 bits per heavy atom. The van der Waals surface area contributed by atoms with Crippen LogP contribution in [0.1, 0.15) is 37.9 Å². The largest absolute Gasteiger partial charge is 0.463 e. The first kappa shape index (κ1) is 14.6. The fraction of sp³-hybridized carbons (Fsp3) is 0.733. The van der Waals surface area contributed by atoms with Crippen molar-refractivity contribution in [2.24, 2.45) is 5.73 Å². The Balaban J connectivity index is 1.88. The third-order valence-electron chi connectivity index (χ3n) is 3.96. The second kappa shape index (κ2) is 5.65. The van der Waals surface area contributed by atoms with Crippen LogP contribution in [0.25, 0.3) is 0 Å². The van der Waals surface area contributed by atoms with Crippen molar-refractivity contribution >= 4 is 0 Å². The van der Waals surface area contributed by atoms with Crippen molar-refractivity contribution < 1.29 is 4.42 Å². The quantitative estimate of drug-likeness (QED) is 0.907. The van der Waals surface area contributed by atoms with Gasteiger partial charge >= 0.3 is 0 Å². The van der Waals surface area contributed by atoms with E-state index in [0.29, 0.717) is 6.54 Å². The Bertz CT molecular complexity index is 412. The van der Waals surface area contributed by atoms with Crippen molar-refractivity contribution in [1.29, 1.82) is 0 Å². The van der Waals surface area contributed by atoms with E-state index in [0.717, 1.165) is 44.2 Å². The van der Waals surface area contributed by atoms with E-state index in [1.54, 1.807) is 0 Å². The van der Waals surface area contributed by atoms with Crippen LogP contribution in [0.2, 0.25) is 0 Å². The Hall–Kier alpha value is -0.840. The highest BCUT2D eigenvalue weighted by molar-refractivity contribution is 5.19. The van der Waals surface area contributed by atoms with E-state index in [2.05, 4.69) is 43.6 Å².